The van der Waals surface area contributed by atoms with Gasteiger partial charge >= 0.3 is 0 Å². The van der Waals surface area contributed by atoms with Crippen molar-refractivity contribution in [1.82, 2.24) is 15.5 Å². The second kappa shape index (κ2) is 13.9. The topological polar surface area (TPSA) is 125 Å². The number of para-hydroxylation sites is 1. The molecule has 10 heteroatoms. The molecule has 0 aromatic heterocycles. The largest absolute Gasteiger partial charge is 0.379 e. The van der Waals surface area contributed by atoms with Crippen LogP contribution in [0.1, 0.15) is 36.0 Å². The van der Waals surface area contributed by atoms with Crippen LogP contribution >= 0.6 is 0 Å². The summed E-state index contributed by atoms with van der Waals surface area (Å²) in [4.78, 5) is 62.9. The maximum absolute atomic E-state index is 13.2. The van der Waals surface area contributed by atoms with Gasteiger partial charge in [0.1, 0.15) is 0 Å². The van der Waals surface area contributed by atoms with E-state index in [9.17, 15) is 24.0 Å². The summed E-state index contributed by atoms with van der Waals surface area (Å²) in [5.41, 5.74) is 3.37. The Bertz CT molecular complexity index is 1370. The molecule has 0 aliphatic carbocycles. The monoisotopic (exact) mass is 542 g/mol. The summed E-state index contributed by atoms with van der Waals surface area (Å²) < 4.78 is 5.40. The zero-order chi connectivity index (χ0) is 28.3. The number of imide groups is 1. The molecule has 4 rings (SSSR count). The summed E-state index contributed by atoms with van der Waals surface area (Å²) >= 11 is 0. The average Bonchev–Trinajstić information content (AvgIpc) is 3.27. The highest BCUT2D eigenvalue weighted by Gasteiger charge is 2.23. The highest BCUT2D eigenvalue weighted by atomic mass is 16.5. The second-order valence-electron chi connectivity index (χ2n) is 9.13. The third kappa shape index (κ3) is 7.65. The van der Waals surface area contributed by atoms with Crippen LogP contribution in [0.5, 0.6) is 0 Å². The Balaban J connectivity index is 1.12. The predicted octanol–water partition coefficient (Wildman–Crippen LogP) is 1.28. The van der Waals surface area contributed by atoms with Crippen LogP contribution in [0.2, 0.25) is 0 Å². The molecule has 0 saturated carbocycles. The molecule has 0 bridgehead atoms. The minimum absolute atomic E-state index is 0.00319. The van der Waals surface area contributed by atoms with Crippen molar-refractivity contribution in [3.63, 3.8) is 0 Å². The Kier molecular flexibility index (Phi) is 9.80. The van der Waals surface area contributed by atoms with Gasteiger partial charge in [0.15, 0.2) is 0 Å². The van der Waals surface area contributed by atoms with Gasteiger partial charge in [-0.3, -0.25) is 28.9 Å². The number of amides is 5. The lowest BCUT2D eigenvalue weighted by molar-refractivity contribution is -0.137. The number of fused-ring (bicyclic) bond motifs is 2. The third-order valence-corrected chi connectivity index (χ3v) is 6.34. The molecule has 0 saturated heterocycles. The molecule has 0 unspecified atom stereocenters. The Morgan fingerprint density at radius 1 is 0.775 bits per heavy atom. The Labute approximate surface area is 232 Å². The van der Waals surface area contributed by atoms with E-state index < -0.39 is 11.8 Å². The molecule has 2 aromatic carbocycles. The van der Waals surface area contributed by atoms with E-state index in [0.717, 1.165) is 27.3 Å². The molecule has 0 radical (unpaired) electrons. The van der Waals surface area contributed by atoms with Crippen molar-refractivity contribution >= 4 is 35.2 Å². The second-order valence-corrected chi connectivity index (χ2v) is 9.13. The first-order valence-electron chi connectivity index (χ1n) is 13.1. The minimum atomic E-state index is -0.424. The SMILES string of the molecule is O=C(CCOCCNC(=O)CCN1C(=O)C=CC1=O)NCCC(=O)N1Cc2ccccc2C#Cc2ccccc21. The van der Waals surface area contributed by atoms with Crippen LogP contribution < -0.4 is 15.5 Å². The average molecular weight is 543 g/mol. The highest BCUT2D eigenvalue weighted by Crippen LogP contribution is 2.25. The number of anilines is 1. The number of rotatable bonds is 12. The lowest BCUT2D eigenvalue weighted by atomic mass is 10.0. The number of nitrogens with one attached hydrogen (secondary N) is 2. The van der Waals surface area contributed by atoms with E-state index in [0.29, 0.717) is 6.54 Å². The minimum Gasteiger partial charge on any atom is -0.379 e. The van der Waals surface area contributed by atoms with Gasteiger partial charge in [0.25, 0.3) is 11.8 Å². The highest BCUT2D eigenvalue weighted by molar-refractivity contribution is 6.13. The molecule has 2 aliphatic rings. The predicted molar refractivity (Wildman–Crippen MR) is 147 cm³/mol. The summed E-state index contributed by atoms with van der Waals surface area (Å²) in [6.07, 6.45) is 2.60. The van der Waals surface area contributed by atoms with Gasteiger partial charge in [-0.15, -0.1) is 0 Å². The normalized spacial score (nSPS) is 13.5. The van der Waals surface area contributed by atoms with Crippen molar-refractivity contribution in [3.8, 4) is 11.8 Å². The number of nitrogens with zero attached hydrogens (tertiary/aromatic N) is 2. The Hall–Kier alpha value is -4.75. The Morgan fingerprint density at radius 2 is 1.43 bits per heavy atom. The van der Waals surface area contributed by atoms with Crippen molar-refractivity contribution in [2.45, 2.75) is 25.8 Å². The van der Waals surface area contributed by atoms with Crippen LogP contribution in [0.4, 0.5) is 5.69 Å². The summed E-state index contributed by atoms with van der Waals surface area (Å²) in [6, 6.07) is 15.3. The van der Waals surface area contributed by atoms with Crippen molar-refractivity contribution in [1.29, 1.82) is 0 Å². The summed E-state index contributed by atoms with van der Waals surface area (Å²) in [7, 11) is 0. The van der Waals surface area contributed by atoms with Crippen molar-refractivity contribution in [2.24, 2.45) is 0 Å². The molecular formula is C30H30N4O6. The van der Waals surface area contributed by atoms with E-state index in [-0.39, 0.29) is 69.8 Å². The van der Waals surface area contributed by atoms with Gasteiger partial charge in [-0.25, -0.2) is 0 Å². The number of hydrogen-bond donors (Lipinski definition) is 2. The van der Waals surface area contributed by atoms with E-state index in [2.05, 4.69) is 22.5 Å². The van der Waals surface area contributed by atoms with E-state index in [4.69, 9.17) is 4.74 Å². The van der Waals surface area contributed by atoms with Crippen LogP contribution in [-0.4, -0.2) is 67.3 Å². The van der Waals surface area contributed by atoms with E-state index in [1.165, 1.54) is 12.2 Å². The molecule has 0 spiro atoms. The molecule has 5 amide bonds. The van der Waals surface area contributed by atoms with Gasteiger partial charge in [-0.2, -0.15) is 0 Å². The molecule has 10 nitrogen and oxygen atoms in total. The number of hydrogen-bond acceptors (Lipinski definition) is 6. The van der Waals surface area contributed by atoms with Crippen LogP contribution in [0.3, 0.4) is 0 Å². The van der Waals surface area contributed by atoms with Crippen LogP contribution in [-0.2, 0) is 35.3 Å². The number of benzene rings is 2. The molecule has 2 aliphatic heterocycles. The van der Waals surface area contributed by atoms with Crippen molar-refractivity contribution < 1.29 is 28.7 Å². The molecule has 0 fully saturated rings. The van der Waals surface area contributed by atoms with E-state index in [1.807, 2.05) is 48.5 Å². The standard InChI is InChI=1S/C30H30N4O6/c35-26(14-18-33-28(37)11-12-29(33)38)32-17-20-40-19-15-27(36)31-16-13-30(39)34-21-24-7-2-1-5-22(24)9-10-23-6-3-4-8-25(23)34/h1-8,11-12H,13-21H2,(H,31,36)(H,32,35). The molecule has 206 valence electrons. The van der Waals surface area contributed by atoms with Gasteiger partial charge in [0.2, 0.25) is 17.7 Å². The van der Waals surface area contributed by atoms with Crippen LogP contribution in [0, 0.1) is 11.8 Å². The first-order valence-corrected chi connectivity index (χ1v) is 13.1. The smallest absolute Gasteiger partial charge is 0.253 e. The van der Waals surface area contributed by atoms with E-state index in [1.54, 1.807) is 4.90 Å². The molecule has 2 heterocycles. The number of ether oxygens (including phenoxy) is 1. The number of carbonyl (C=O) groups excluding carboxylic acids is 5. The van der Waals surface area contributed by atoms with Crippen molar-refractivity contribution in [2.75, 3.05) is 37.7 Å². The maximum Gasteiger partial charge on any atom is 0.253 e. The molecule has 0 atom stereocenters. The first-order chi connectivity index (χ1) is 19.4. The number of carbonyl (C=O) groups is 5. The Morgan fingerprint density at radius 3 is 2.23 bits per heavy atom. The lowest BCUT2D eigenvalue weighted by Crippen LogP contribution is -2.36. The maximum atomic E-state index is 13.2. The third-order valence-electron chi connectivity index (χ3n) is 6.34. The van der Waals surface area contributed by atoms with Gasteiger partial charge in [-0.1, -0.05) is 42.2 Å². The van der Waals surface area contributed by atoms with Crippen LogP contribution in [0.15, 0.2) is 60.7 Å². The molecule has 2 N–H and O–H groups in total. The zero-order valence-corrected chi connectivity index (χ0v) is 22.0. The van der Waals surface area contributed by atoms with Gasteiger partial charge in [-0.05, 0) is 23.8 Å². The molecule has 2 aromatic rings. The first kappa shape index (κ1) is 28.3. The molecular weight excluding hydrogens is 512 g/mol. The summed E-state index contributed by atoms with van der Waals surface area (Å²) in [6.45, 7) is 1.21. The van der Waals surface area contributed by atoms with Gasteiger partial charge < -0.3 is 20.3 Å². The summed E-state index contributed by atoms with van der Waals surface area (Å²) in [5.74, 6) is 4.84. The fourth-order valence-corrected chi connectivity index (χ4v) is 4.22. The fourth-order valence-electron chi connectivity index (χ4n) is 4.22. The van der Waals surface area contributed by atoms with Crippen LogP contribution in [0.25, 0.3) is 0 Å². The molecule has 40 heavy (non-hydrogen) atoms. The van der Waals surface area contributed by atoms with Crippen molar-refractivity contribution in [3.05, 3.63) is 77.4 Å². The fraction of sp³-hybridized carbons (Fsp3) is 0.300. The quantitative estimate of drug-likeness (QED) is 0.237. The lowest BCUT2D eigenvalue weighted by Gasteiger charge is -2.26. The van der Waals surface area contributed by atoms with E-state index >= 15 is 0 Å². The van der Waals surface area contributed by atoms with Gasteiger partial charge in [0.05, 0.1) is 25.4 Å². The summed E-state index contributed by atoms with van der Waals surface area (Å²) in [5, 5.41) is 5.39. The van der Waals surface area contributed by atoms with Gasteiger partial charge in [0, 0.05) is 62.2 Å². The zero-order valence-electron chi connectivity index (χ0n) is 22.0.